The Morgan fingerprint density at radius 3 is 2.33 bits per heavy atom. The van der Waals surface area contributed by atoms with Crippen LogP contribution >= 0.6 is 0 Å². The molecule has 0 spiro atoms. The second-order valence-corrected chi connectivity index (χ2v) is 5.94. The Bertz CT molecular complexity index is 293. The van der Waals surface area contributed by atoms with Gasteiger partial charge in [-0.2, -0.15) is 0 Å². The number of carbonyl (C=O) groups excluding carboxylic acids is 1. The first kappa shape index (κ1) is 19.9. The van der Waals surface area contributed by atoms with E-state index in [1.165, 1.54) is 0 Å². The van der Waals surface area contributed by atoms with Crippen LogP contribution in [0.3, 0.4) is 0 Å². The maximum Gasteiger partial charge on any atom is 0.303 e. The Hall–Kier alpha value is -1.10. The van der Waals surface area contributed by atoms with Crippen LogP contribution < -0.4 is 10.6 Å². The lowest BCUT2D eigenvalue weighted by atomic mass is 9.94. The summed E-state index contributed by atoms with van der Waals surface area (Å²) in [6.07, 6.45) is 5.28. The molecule has 0 radical (unpaired) electrons. The molecule has 0 rings (SSSR count). The molecule has 124 valence electrons. The molecule has 0 heterocycles. The molecule has 1 unspecified atom stereocenters. The van der Waals surface area contributed by atoms with Crippen LogP contribution in [0.4, 0.5) is 0 Å². The Morgan fingerprint density at radius 1 is 1.05 bits per heavy atom. The highest BCUT2D eigenvalue weighted by molar-refractivity contribution is 5.75. The minimum atomic E-state index is -0.738. The number of carboxylic acid groups (broad SMARTS) is 1. The van der Waals surface area contributed by atoms with Gasteiger partial charge in [-0.25, -0.2) is 0 Å². The molecular formula is C16H32N2O3. The third-order valence-corrected chi connectivity index (χ3v) is 3.47. The van der Waals surface area contributed by atoms with Crippen LogP contribution in [-0.2, 0) is 9.59 Å². The smallest absolute Gasteiger partial charge is 0.303 e. The molecule has 0 aromatic heterocycles. The second-order valence-electron chi connectivity index (χ2n) is 5.94. The van der Waals surface area contributed by atoms with E-state index in [9.17, 15) is 9.59 Å². The zero-order chi connectivity index (χ0) is 16.1. The minimum absolute atomic E-state index is 0.0917. The van der Waals surface area contributed by atoms with Crippen molar-refractivity contribution >= 4 is 11.9 Å². The Labute approximate surface area is 128 Å². The normalized spacial score (nSPS) is 12.4. The van der Waals surface area contributed by atoms with Crippen LogP contribution in [-0.4, -0.2) is 36.1 Å². The van der Waals surface area contributed by atoms with Crippen molar-refractivity contribution in [3.63, 3.8) is 0 Å². The third kappa shape index (κ3) is 13.6. The summed E-state index contributed by atoms with van der Waals surface area (Å²) in [7, 11) is 0. The Morgan fingerprint density at radius 2 is 1.76 bits per heavy atom. The fourth-order valence-corrected chi connectivity index (χ4v) is 2.31. The number of hydrogen-bond donors (Lipinski definition) is 3. The van der Waals surface area contributed by atoms with Gasteiger partial charge in [-0.05, 0) is 31.7 Å². The number of carbonyl (C=O) groups is 2. The minimum Gasteiger partial charge on any atom is -0.481 e. The van der Waals surface area contributed by atoms with E-state index in [0.717, 1.165) is 32.2 Å². The van der Waals surface area contributed by atoms with Crippen LogP contribution in [0.2, 0.25) is 0 Å². The molecule has 5 heteroatoms. The van der Waals surface area contributed by atoms with Gasteiger partial charge in [0.2, 0.25) is 5.91 Å². The van der Waals surface area contributed by atoms with Gasteiger partial charge in [0.25, 0.3) is 0 Å². The van der Waals surface area contributed by atoms with Crippen molar-refractivity contribution in [2.45, 2.75) is 71.8 Å². The van der Waals surface area contributed by atoms with Crippen LogP contribution in [0.5, 0.6) is 0 Å². The highest BCUT2D eigenvalue weighted by Crippen LogP contribution is 2.17. The summed E-state index contributed by atoms with van der Waals surface area (Å²) < 4.78 is 0. The van der Waals surface area contributed by atoms with Gasteiger partial charge in [0.05, 0.1) is 0 Å². The molecule has 0 fully saturated rings. The van der Waals surface area contributed by atoms with Crippen LogP contribution in [0.1, 0.15) is 65.7 Å². The largest absolute Gasteiger partial charge is 0.481 e. The predicted molar refractivity (Wildman–Crippen MR) is 85.3 cm³/mol. The lowest BCUT2D eigenvalue weighted by molar-refractivity contribution is -0.137. The standard InChI is InChI=1S/C16H32N2O3/c1-4-6-14(8-9-16(20)21)10-12-18-15(19)7-5-11-17-13(2)3/h13-14,17H,4-12H2,1-3H3,(H,18,19)(H,20,21). The number of carboxylic acids is 1. The zero-order valence-corrected chi connectivity index (χ0v) is 13.8. The van der Waals surface area contributed by atoms with E-state index in [1.807, 2.05) is 0 Å². The number of nitrogens with one attached hydrogen (secondary N) is 2. The van der Waals surface area contributed by atoms with Gasteiger partial charge >= 0.3 is 5.97 Å². The lowest BCUT2D eigenvalue weighted by Crippen LogP contribution is -2.28. The van der Waals surface area contributed by atoms with E-state index >= 15 is 0 Å². The summed E-state index contributed by atoms with van der Waals surface area (Å²) in [5, 5.41) is 14.9. The van der Waals surface area contributed by atoms with Gasteiger partial charge < -0.3 is 15.7 Å². The van der Waals surface area contributed by atoms with E-state index in [0.29, 0.717) is 31.3 Å². The Balaban J connectivity index is 3.71. The van der Waals surface area contributed by atoms with Crippen LogP contribution in [0.25, 0.3) is 0 Å². The molecule has 5 nitrogen and oxygen atoms in total. The molecule has 0 saturated heterocycles. The molecule has 0 aliphatic heterocycles. The molecule has 0 aliphatic rings. The molecule has 1 amide bonds. The number of rotatable bonds is 13. The molecule has 0 aromatic carbocycles. The van der Waals surface area contributed by atoms with Crippen LogP contribution in [0.15, 0.2) is 0 Å². The third-order valence-electron chi connectivity index (χ3n) is 3.47. The predicted octanol–water partition coefficient (Wildman–Crippen LogP) is 2.55. The summed E-state index contributed by atoms with van der Waals surface area (Å²) in [6, 6.07) is 0.456. The Kier molecular flexibility index (Phi) is 12.0. The van der Waals surface area contributed by atoms with Gasteiger partial charge in [0.1, 0.15) is 0 Å². The van der Waals surface area contributed by atoms with E-state index in [-0.39, 0.29) is 12.3 Å². The molecular weight excluding hydrogens is 268 g/mol. The fourth-order valence-electron chi connectivity index (χ4n) is 2.31. The summed E-state index contributed by atoms with van der Waals surface area (Å²) >= 11 is 0. The van der Waals surface area contributed by atoms with Gasteiger partial charge in [-0.15, -0.1) is 0 Å². The number of hydrogen-bond acceptors (Lipinski definition) is 3. The monoisotopic (exact) mass is 300 g/mol. The van der Waals surface area contributed by atoms with Crippen molar-refractivity contribution < 1.29 is 14.7 Å². The summed E-state index contributed by atoms with van der Waals surface area (Å²) in [5.74, 6) is -0.249. The van der Waals surface area contributed by atoms with Gasteiger partial charge in [0.15, 0.2) is 0 Å². The quantitative estimate of drug-likeness (QED) is 0.457. The maximum absolute atomic E-state index is 11.7. The van der Waals surface area contributed by atoms with Crippen molar-refractivity contribution in [3.8, 4) is 0 Å². The van der Waals surface area contributed by atoms with Crippen molar-refractivity contribution in [3.05, 3.63) is 0 Å². The lowest BCUT2D eigenvalue weighted by Gasteiger charge is -2.15. The molecule has 0 aliphatic carbocycles. The topological polar surface area (TPSA) is 78.4 Å². The summed E-state index contributed by atoms with van der Waals surface area (Å²) in [6.45, 7) is 7.80. The van der Waals surface area contributed by atoms with Crippen LogP contribution in [0, 0.1) is 5.92 Å². The molecule has 21 heavy (non-hydrogen) atoms. The first-order valence-corrected chi connectivity index (χ1v) is 8.17. The molecule has 1 atom stereocenters. The molecule has 0 bridgehead atoms. The second kappa shape index (κ2) is 12.6. The molecule has 3 N–H and O–H groups in total. The van der Waals surface area contributed by atoms with E-state index in [2.05, 4.69) is 31.4 Å². The van der Waals surface area contributed by atoms with E-state index < -0.39 is 5.97 Å². The maximum atomic E-state index is 11.7. The summed E-state index contributed by atoms with van der Waals surface area (Å²) in [4.78, 5) is 22.3. The highest BCUT2D eigenvalue weighted by atomic mass is 16.4. The van der Waals surface area contributed by atoms with Crippen molar-refractivity contribution in [2.24, 2.45) is 5.92 Å². The first-order chi connectivity index (χ1) is 9.95. The molecule has 0 saturated carbocycles. The average molecular weight is 300 g/mol. The average Bonchev–Trinajstić information content (AvgIpc) is 2.40. The van der Waals surface area contributed by atoms with Crippen molar-refractivity contribution in [1.29, 1.82) is 0 Å². The summed E-state index contributed by atoms with van der Waals surface area (Å²) in [5.41, 5.74) is 0. The van der Waals surface area contributed by atoms with Gasteiger partial charge in [-0.1, -0.05) is 33.6 Å². The van der Waals surface area contributed by atoms with Crippen molar-refractivity contribution in [1.82, 2.24) is 10.6 Å². The number of amides is 1. The molecule has 0 aromatic rings. The van der Waals surface area contributed by atoms with Crippen molar-refractivity contribution in [2.75, 3.05) is 13.1 Å². The van der Waals surface area contributed by atoms with Gasteiger partial charge in [-0.3, -0.25) is 9.59 Å². The van der Waals surface area contributed by atoms with E-state index in [1.54, 1.807) is 0 Å². The number of aliphatic carboxylic acids is 1. The fraction of sp³-hybridized carbons (Fsp3) is 0.875. The van der Waals surface area contributed by atoms with Gasteiger partial charge in [0, 0.05) is 25.4 Å². The zero-order valence-electron chi connectivity index (χ0n) is 13.8. The first-order valence-electron chi connectivity index (χ1n) is 8.17. The SMILES string of the molecule is CCCC(CCNC(=O)CCCNC(C)C)CCC(=O)O. The highest BCUT2D eigenvalue weighted by Gasteiger charge is 2.10. The van der Waals surface area contributed by atoms with E-state index in [4.69, 9.17) is 5.11 Å².